The number of benzene rings is 3. The van der Waals surface area contributed by atoms with Crippen LogP contribution in [0.2, 0.25) is 5.02 Å². The Balaban J connectivity index is 1.35. The van der Waals surface area contributed by atoms with Gasteiger partial charge in [0.2, 0.25) is 0 Å². The van der Waals surface area contributed by atoms with Crippen LogP contribution in [0.15, 0.2) is 60.7 Å². The maximum atomic E-state index is 14.3. The molecule has 2 atom stereocenters. The number of nitrogens with one attached hydrogen (secondary N) is 1. The second kappa shape index (κ2) is 8.61. The van der Waals surface area contributed by atoms with Gasteiger partial charge in [0.05, 0.1) is 34.4 Å². The van der Waals surface area contributed by atoms with E-state index in [0.29, 0.717) is 39.6 Å². The number of hydrogen-bond donors (Lipinski definition) is 1. The van der Waals surface area contributed by atoms with Crippen LogP contribution in [0.1, 0.15) is 45.7 Å². The van der Waals surface area contributed by atoms with Crippen LogP contribution in [-0.2, 0) is 0 Å². The van der Waals surface area contributed by atoms with E-state index in [0.717, 1.165) is 11.3 Å². The van der Waals surface area contributed by atoms with Crippen LogP contribution in [0.5, 0.6) is 5.75 Å². The van der Waals surface area contributed by atoms with Gasteiger partial charge in [-0.3, -0.25) is 14.5 Å². The molecule has 0 bridgehead atoms. The van der Waals surface area contributed by atoms with Gasteiger partial charge in [-0.05, 0) is 61.4 Å². The van der Waals surface area contributed by atoms with Crippen molar-refractivity contribution in [2.24, 2.45) is 0 Å². The molecule has 5 rings (SSSR count). The molecule has 0 radical (unpaired) electrons. The standard InChI is InChI=1S/C27H22ClFN2O3/c1-15(25-20(28)8-5-9-21(25)29)12-17-10-11-23-22(13-17)30-14-24(34-23)16(2)31-26(32)18-6-3-4-7-19(18)27(31)33/h3-13,16,24,30H,14H2,1-2H3/b15-12+/t16-,24?/m1/s1. The maximum Gasteiger partial charge on any atom is 0.261 e. The van der Waals surface area contributed by atoms with Crippen molar-refractivity contribution >= 4 is 40.8 Å². The summed E-state index contributed by atoms with van der Waals surface area (Å²) in [5, 5.41) is 3.70. The lowest BCUT2D eigenvalue weighted by Crippen LogP contribution is -2.51. The summed E-state index contributed by atoms with van der Waals surface area (Å²) in [6.45, 7) is 4.05. The van der Waals surface area contributed by atoms with Gasteiger partial charge in [0.25, 0.3) is 11.8 Å². The zero-order chi connectivity index (χ0) is 24.0. The number of hydrogen-bond acceptors (Lipinski definition) is 4. The quantitative estimate of drug-likeness (QED) is 0.376. The van der Waals surface area contributed by atoms with Crippen molar-refractivity contribution in [2.45, 2.75) is 26.0 Å². The number of ether oxygens (including phenoxy) is 1. The average Bonchev–Trinajstić information content (AvgIpc) is 3.08. The van der Waals surface area contributed by atoms with Crippen LogP contribution in [0.25, 0.3) is 11.6 Å². The van der Waals surface area contributed by atoms with E-state index < -0.39 is 12.1 Å². The van der Waals surface area contributed by atoms with E-state index >= 15 is 0 Å². The van der Waals surface area contributed by atoms with Crippen molar-refractivity contribution in [1.29, 1.82) is 0 Å². The number of allylic oxidation sites excluding steroid dienone is 1. The molecule has 0 fully saturated rings. The van der Waals surface area contributed by atoms with Crippen molar-refractivity contribution in [2.75, 3.05) is 11.9 Å². The first-order valence-corrected chi connectivity index (χ1v) is 11.4. The van der Waals surface area contributed by atoms with Crippen LogP contribution in [-0.4, -0.2) is 35.4 Å². The summed E-state index contributed by atoms with van der Waals surface area (Å²) in [5.74, 6) is -0.348. The number of fused-ring (bicyclic) bond motifs is 2. The summed E-state index contributed by atoms with van der Waals surface area (Å²) in [5.41, 5.74) is 3.57. The number of amides is 2. The van der Waals surface area contributed by atoms with Crippen LogP contribution in [0.3, 0.4) is 0 Å². The van der Waals surface area contributed by atoms with E-state index in [1.54, 1.807) is 36.4 Å². The highest BCUT2D eigenvalue weighted by molar-refractivity contribution is 6.32. The molecule has 3 aromatic rings. The number of imide groups is 1. The van der Waals surface area contributed by atoms with Gasteiger partial charge < -0.3 is 10.1 Å². The van der Waals surface area contributed by atoms with E-state index in [-0.39, 0.29) is 17.6 Å². The van der Waals surface area contributed by atoms with E-state index in [1.165, 1.54) is 11.0 Å². The predicted octanol–water partition coefficient (Wildman–Crippen LogP) is 5.90. The third-order valence-electron chi connectivity index (χ3n) is 6.29. The Morgan fingerprint density at radius 1 is 1.12 bits per heavy atom. The third kappa shape index (κ3) is 3.74. The van der Waals surface area contributed by atoms with Crippen molar-refractivity contribution in [3.8, 4) is 5.75 Å². The number of halogens is 2. The molecular weight excluding hydrogens is 455 g/mol. The second-order valence-electron chi connectivity index (χ2n) is 8.48. The summed E-state index contributed by atoms with van der Waals surface area (Å²) in [7, 11) is 0. The van der Waals surface area contributed by atoms with Gasteiger partial charge in [-0.25, -0.2) is 4.39 Å². The van der Waals surface area contributed by atoms with Crippen molar-refractivity contribution in [3.63, 3.8) is 0 Å². The van der Waals surface area contributed by atoms with Gasteiger partial charge in [0.15, 0.2) is 0 Å². The topological polar surface area (TPSA) is 58.6 Å². The molecule has 2 amide bonds. The highest BCUT2D eigenvalue weighted by Gasteiger charge is 2.42. The van der Waals surface area contributed by atoms with Gasteiger partial charge in [-0.1, -0.05) is 41.9 Å². The molecule has 34 heavy (non-hydrogen) atoms. The third-order valence-corrected chi connectivity index (χ3v) is 6.60. The van der Waals surface area contributed by atoms with Crippen molar-refractivity contribution in [3.05, 3.63) is 93.8 Å². The molecule has 5 nitrogen and oxygen atoms in total. The Morgan fingerprint density at radius 2 is 1.82 bits per heavy atom. The average molecular weight is 477 g/mol. The lowest BCUT2D eigenvalue weighted by Gasteiger charge is -2.35. The minimum absolute atomic E-state index is 0.301. The molecule has 0 spiro atoms. The molecule has 1 unspecified atom stereocenters. The van der Waals surface area contributed by atoms with Gasteiger partial charge in [0.1, 0.15) is 17.7 Å². The second-order valence-corrected chi connectivity index (χ2v) is 8.89. The first-order valence-electron chi connectivity index (χ1n) is 11.0. The Morgan fingerprint density at radius 3 is 2.50 bits per heavy atom. The van der Waals surface area contributed by atoms with Gasteiger partial charge in [-0.15, -0.1) is 0 Å². The molecule has 3 aromatic carbocycles. The molecule has 0 aromatic heterocycles. The van der Waals surface area contributed by atoms with Gasteiger partial charge in [-0.2, -0.15) is 0 Å². The van der Waals surface area contributed by atoms with Gasteiger partial charge >= 0.3 is 0 Å². The zero-order valence-corrected chi connectivity index (χ0v) is 19.4. The van der Waals surface area contributed by atoms with Crippen molar-refractivity contribution in [1.82, 2.24) is 4.90 Å². The van der Waals surface area contributed by atoms with Crippen molar-refractivity contribution < 1.29 is 18.7 Å². The van der Waals surface area contributed by atoms with E-state index in [2.05, 4.69) is 5.32 Å². The SMILES string of the molecule is C/C(=C\c1ccc2c(c1)NCC([C@@H](C)N1C(=O)c3ccccc3C1=O)O2)c1c(F)cccc1Cl. The minimum Gasteiger partial charge on any atom is -0.484 e. The number of carbonyl (C=O) groups excluding carboxylic acids is 2. The number of carbonyl (C=O) groups is 2. The fourth-order valence-corrected chi connectivity index (χ4v) is 4.82. The summed E-state index contributed by atoms with van der Waals surface area (Å²) >= 11 is 6.19. The molecule has 172 valence electrons. The monoisotopic (exact) mass is 476 g/mol. The van der Waals surface area contributed by atoms with E-state index in [4.69, 9.17) is 16.3 Å². The zero-order valence-electron chi connectivity index (χ0n) is 18.6. The lowest BCUT2D eigenvalue weighted by atomic mass is 10.0. The highest BCUT2D eigenvalue weighted by atomic mass is 35.5. The number of rotatable bonds is 4. The molecule has 2 heterocycles. The maximum absolute atomic E-state index is 14.3. The summed E-state index contributed by atoms with van der Waals surface area (Å²) < 4.78 is 20.4. The van der Waals surface area contributed by atoms with Crippen LogP contribution in [0, 0.1) is 5.82 Å². The Kier molecular flexibility index (Phi) is 5.62. The summed E-state index contributed by atoms with van der Waals surface area (Å²) in [4.78, 5) is 26.9. The van der Waals surface area contributed by atoms with Gasteiger partial charge in [0, 0.05) is 5.56 Å². The normalized spacial score (nSPS) is 18.2. The molecule has 0 saturated carbocycles. The summed E-state index contributed by atoms with van der Waals surface area (Å²) in [6.07, 6.45) is 1.45. The molecule has 7 heteroatoms. The van der Waals surface area contributed by atoms with Crippen LogP contribution < -0.4 is 10.1 Å². The van der Waals surface area contributed by atoms with E-state index in [1.807, 2.05) is 38.1 Å². The van der Waals surface area contributed by atoms with Crippen LogP contribution in [0.4, 0.5) is 10.1 Å². The molecular formula is C27H22ClFN2O3. The Hall–Kier alpha value is -3.64. The fraction of sp³-hybridized carbons (Fsp3) is 0.185. The molecule has 0 aliphatic carbocycles. The first-order chi connectivity index (χ1) is 16.3. The molecule has 2 aliphatic rings. The predicted molar refractivity (Wildman–Crippen MR) is 131 cm³/mol. The van der Waals surface area contributed by atoms with E-state index in [9.17, 15) is 14.0 Å². The Bertz CT molecular complexity index is 1300. The lowest BCUT2D eigenvalue weighted by molar-refractivity contribution is 0.0442. The smallest absolute Gasteiger partial charge is 0.261 e. The highest BCUT2D eigenvalue weighted by Crippen LogP contribution is 2.35. The number of anilines is 1. The molecule has 1 N–H and O–H groups in total. The first kappa shape index (κ1) is 22.2. The largest absolute Gasteiger partial charge is 0.484 e. The number of nitrogens with zero attached hydrogens (tertiary/aromatic N) is 1. The molecule has 0 saturated heterocycles. The summed E-state index contributed by atoms with van der Waals surface area (Å²) in [6, 6.07) is 16.6. The fourth-order valence-electron chi connectivity index (χ4n) is 4.50. The minimum atomic E-state index is -0.460. The Labute approximate surface area is 201 Å². The van der Waals surface area contributed by atoms with Crippen LogP contribution >= 0.6 is 11.6 Å². The molecule has 2 aliphatic heterocycles.